The molecule has 32 heavy (non-hydrogen) atoms. The van der Waals surface area contributed by atoms with Crippen molar-refractivity contribution < 1.29 is 0 Å². The van der Waals surface area contributed by atoms with Crippen molar-refractivity contribution in [2.45, 2.75) is 79.1 Å². The second-order valence-electron chi connectivity index (χ2n) is 10.1. The molecule has 3 rings (SSSR count). The van der Waals surface area contributed by atoms with Crippen molar-refractivity contribution in [3.63, 3.8) is 0 Å². The zero-order valence-corrected chi connectivity index (χ0v) is 21.0. The summed E-state index contributed by atoms with van der Waals surface area (Å²) in [5, 5.41) is 0. The zero-order valence-electron chi connectivity index (χ0n) is 21.0. The molecule has 0 aliphatic heterocycles. The Kier molecular flexibility index (Phi) is 7.25. The molecule has 0 unspecified atom stereocenters. The van der Waals surface area contributed by atoms with E-state index >= 15 is 0 Å². The second-order valence-corrected chi connectivity index (χ2v) is 10.1. The lowest BCUT2D eigenvalue weighted by molar-refractivity contribution is 0.837. The lowest BCUT2D eigenvalue weighted by Gasteiger charge is -2.24. The maximum Gasteiger partial charge on any atom is 0.202 e. The van der Waals surface area contributed by atoms with Crippen LogP contribution in [0.4, 0.5) is 5.69 Å². The predicted octanol–water partition coefficient (Wildman–Crippen LogP) is 10.1. The fourth-order valence-electron chi connectivity index (χ4n) is 4.79. The third-order valence-corrected chi connectivity index (χ3v) is 6.43. The summed E-state index contributed by atoms with van der Waals surface area (Å²) < 4.78 is 0. The first kappa shape index (κ1) is 23.8. The fraction of sp³-hybridized carbons (Fsp3) is 0.387. The molecule has 0 aliphatic carbocycles. The lowest BCUT2D eigenvalue weighted by Crippen LogP contribution is -2.02. The van der Waals surface area contributed by atoms with E-state index in [9.17, 15) is 0 Å². The van der Waals surface area contributed by atoms with Crippen LogP contribution in [0.25, 0.3) is 27.1 Å². The number of para-hydroxylation sites is 1. The van der Waals surface area contributed by atoms with Gasteiger partial charge in [0.25, 0.3) is 0 Å². The molecule has 0 aliphatic rings. The van der Waals surface area contributed by atoms with Crippen molar-refractivity contribution in [3.8, 4) is 22.3 Å². The molecule has 0 atom stereocenters. The van der Waals surface area contributed by atoms with E-state index in [1.165, 1.54) is 33.4 Å². The third kappa shape index (κ3) is 4.37. The van der Waals surface area contributed by atoms with E-state index in [0.29, 0.717) is 23.7 Å². The van der Waals surface area contributed by atoms with Crippen LogP contribution in [-0.4, -0.2) is 0 Å². The molecule has 0 N–H and O–H groups in total. The number of nitrogens with zero attached hydrogens (tertiary/aromatic N) is 1. The van der Waals surface area contributed by atoms with Gasteiger partial charge in [0.1, 0.15) is 0 Å². The van der Waals surface area contributed by atoms with Gasteiger partial charge in [-0.2, -0.15) is 0 Å². The van der Waals surface area contributed by atoms with Gasteiger partial charge in [-0.25, -0.2) is 4.85 Å². The Morgan fingerprint density at radius 2 is 0.781 bits per heavy atom. The quantitative estimate of drug-likeness (QED) is 0.347. The standard InChI is InChI=1S/C31H37N/c1-19(2)23-13-10-14-24(20(3)4)29(23)27-17-12-18-28(31(27)32-9)30-25(21(5)6)15-11-16-26(30)22(7)8/h10-22H,1-8H3. The Hall–Kier alpha value is -2.85. The number of hydrogen-bond donors (Lipinski definition) is 0. The fourth-order valence-corrected chi connectivity index (χ4v) is 4.79. The minimum atomic E-state index is 0.389. The molecule has 0 saturated carbocycles. The van der Waals surface area contributed by atoms with Crippen LogP contribution >= 0.6 is 0 Å². The van der Waals surface area contributed by atoms with Crippen molar-refractivity contribution in [2.24, 2.45) is 0 Å². The average molecular weight is 424 g/mol. The topological polar surface area (TPSA) is 4.36 Å². The molecular weight excluding hydrogens is 386 g/mol. The zero-order chi connectivity index (χ0) is 23.6. The molecule has 0 spiro atoms. The maximum atomic E-state index is 8.26. The SMILES string of the molecule is [C-]#[N+]c1c(-c2c(C(C)C)cccc2C(C)C)cccc1-c1c(C(C)C)cccc1C(C)C. The molecule has 0 saturated heterocycles. The Morgan fingerprint density at radius 3 is 1.03 bits per heavy atom. The van der Waals surface area contributed by atoms with Gasteiger partial charge in [0.2, 0.25) is 5.69 Å². The van der Waals surface area contributed by atoms with Gasteiger partial charge in [0.05, 0.1) is 6.57 Å². The minimum absolute atomic E-state index is 0.389. The van der Waals surface area contributed by atoms with E-state index in [1.54, 1.807) is 0 Å². The van der Waals surface area contributed by atoms with Gasteiger partial charge in [-0.3, -0.25) is 0 Å². The van der Waals surface area contributed by atoms with Crippen molar-refractivity contribution in [1.29, 1.82) is 0 Å². The summed E-state index contributed by atoms with van der Waals surface area (Å²) in [5.74, 6) is 1.56. The molecule has 0 bridgehead atoms. The second kappa shape index (κ2) is 9.74. The molecule has 3 aromatic carbocycles. The average Bonchev–Trinajstić information content (AvgIpc) is 2.77. The van der Waals surface area contributed by atoms with E-state index in [2.05, 4.69) is 115 Å². The highest BCUT2D eigenvalue weighted by Gasteiger charge is 2.23. The van der Waals surface area contributed by atoms with Crippen LogP contribution < -0.4 is 0 Å². The first-order valence-corrected chi connectivity index (χ1v) is 12.0. The van der Waals surface area contributed by atoms with Crippen LogP contribution in [0.1, 0.15) is 101 Å². The minimum Gasteiger partial charge on any atom is -0.237 e. The number of hydrogen-bond acceptors (Lipinski definition) is 0. The van der Waals surface area contributed by atoms with Gasteiger partial charge in [-0.15, -0.1) is 0 Å². The lowest BCUT2D eigenvalue weighted by atomic mass is 9.81. The summed E-state index contributed by atoms with van der Waals surface area (Å²) in [5.41, 5.74) is 10.7. The molecule has 0 heterocycles. The Balaban J connectivity index is 2.45. The highest BCUT2D eigenvalue weighted by molar-refractivity contribution is 5.94. The summed E-state index contributed by atoms with van der Waals surface area (Å²) in [6.45, 7) is 26.2. The van der Waals surface area contributed by atoms with E-state index in [-0.39, 0.29) is 0 Å². The molecule has 0 radical (unpaired) electrons. The summed E-state index contributed by atoms with van der Waals surface area (Å²) in [6.07, 6.45) is 0. The van der Waals surface area contributed by atoms with Gasteiger partial charge in [-0.05, 0) is 68.2 Å². The van der Waals surface area contributed by atoms with E-state index in [0.717, 1.165) is 16.8 Å². The molecule has 3 aromatic rings. The molecule has 166 valence electrons. The van der Waals surface area contributed by atoms with Crippen LogP contribution in [0.5, 0.6) is 0 Å². The van der Waals surface area contributed by atoms with Crippen LogP contribution in [-0.2, 0) is 0 Å². The number of benzene rings is 3. The molecule has 1 nitrogen and oxygen atoms in total. The van der Waals surface area contributed by atoms with Gasteiger partial charge >= 0.3 is 0 Å². The van der Waals surface area contributed by atoms with Crippen LogP contribution in [0, 0.1) is 6.57 Å². The number of rotatable bonds is 6. The van der Waals surface area contributed by atoms with Crippen LogP contribution in [0.3, 0.4) is 0 Å². The smallest absolute Gasteiger partial charge is 0.202 e. The van der Waals surface area contributed by atoms with Gasteiger partial charge in [0.15, 0.2) is 0 Å². The molecular formula is C31H37N. The highest BCUT2D eigenvalue weighted by Crippen LogP contribution is 2.47. The van der Waals surface area contributed by atoms with Gasteiger partial charge < -0.3 is 0 Å². The first-order valence-electron chi connectivity index (χ1n) is 12.0. The predicted molar refractivity (Wildman–Crippen MR) is 140 cm³/mol. The highest BCUT2D eigenvalue weighted by atomic mass is 14.7. The third-order valence-electron chi connectivity index (χ3n) is 6.43. The van der Waals surface area contributed by atoms with Crippen molar-refractivity contribution in [3.05, 3.63) is 88.3 Å². The molecule has 0 fully saturated rings. The first-order chi connectivity index (χ1) is 15.2. The largest absolute Gasteiger partial charge is 0.237 e. The van der Waals surface area contributed by atoms with Gasteiger partial charge in [-0.1, -0.05) is 110 Å². The summed E-state index contributed by atoms with van der Waals surface area (Å²) >= 11 is 0. The molecule has 0 amide bonds. The monoisotopic (exact) mass is 423 g/mol. The van der Waals surface area contributed by atoms with E-state index < -0.39 is 0 Å². The Morgan fingerprint density at radius 1 is 0.500 bits per heavy atom. The van der Waals surface area contributed by atoms with Crippen molar-refractivity contribution in [2.75, 3.05) is 0 Å². The normalized spacial score (nSPS) is 11.6. The van der Waals surface area contributed by atoms with Crippen molar-refractivity contribution >= 4 is 5.69 Å². The summed E-state index contributed by atoms with van der Waals surface area (Å²) in [6, 6.07) is 19.7. The van der Waals surface area contributed by atoms with E-state index in [4.69, 9.17) is 6.57 Å². The van der Waals surface area contributed by atoms with E-state index in [1.807, 2.05) is 0 Å². The Labute approximate surface area is 195 Å². The maximum absolute atomic E-state index is 8.26. The van der Waals surface area contributed by atoms with Crippen LogP contribution in [0.2, 0.25) is 0 Å². The summed E-state index contributed by atoms with van der Waals surface area (Å²) in [4.78, 5) is 4.18. The molecule has 0 aromatic heterocycles. The van der Waals surface area contributed by atoms with Gasteiger partial charge in [0, 0.05) is 0 Å². The van der Waals surface area contributed by atoms with Crippen molar-refractivity contribution in [1.82, 2.24) is 0 Å². The Bertz CT molecular complexity index is 1010. The summed E-state index contributed by atoms with van der Waals surface area (Å²) in [7, 11) is 0. The molecule has 1 heteroatoms. The van der Waals surface area contributed by atoms with Crippen LogP contribution in [0.15, 0.2) is 54.6 Å².